The Hall–Kier alpha value is -3.55. The van der Waals surface area contributed by atoms with Crippen LogP contribution in [0.3, 0.4) is 0 Å². The standard InChI is InChI=1S/C21H22FN3O4/c1-14(18-12-17(27-2)8-9-20(18)28-3)23-21(26)19-10-11-25(24-19)13-29-16-6-4-15(22)5-7-16/h4-12,14H,13H2,1-3H3,(H,23,26). The molecule has 1 amide bonds. The number of methoxy groups -OCH3 is 2. The molecule has 0 spiro atoms. The SMILES string of the molecule is COc1ccc(OC)c(C(C)NC(=O)c2ccn(COc3ccc(F)cc3)n2)c1. The first-order chi connectivity index (χ1) is 14.0. The number of nitrogens with one attached hydrogen (secondary N) is 1. The second-order valence-corrected chi connectivity index (χ2v) is 6.27. The van der Waals surface area contributed by atoms with E-state index in [1.807, 2.05) is 13.0 Å². The number of nitrogens with zero attached hydrogens (tertiary/aromatic N) is 2. The lowest BCUT2D eigenvalue weighted by molar-refractivity contribution is 0.0932. The summed E-state index contributed by atoms with van der Waals surface area (Å²) < 4.78 is 30.5. The third-order valence-corrected chi connectivity index (χ3v) is 4.30. The molecule has 1 unspecified atom stereocenters. The maximum Gasteiger partial charge on any atom is 0.272 e. The molecule has 0 saturated carbocycles. The van der Waals surface area contributed by atoms with Crippen LogP contribution in [0, 0.1) is 5.82 Å². The summed E-state index contributed by atoms with van der Waals surface area (Å²) in [6.45, 7) is 1.95. The Labute approximate surface area is 168 Å². The van der Waals surface area contributed by atoms with Crippen molar-refractivity contribution in [3.8, 4) is 17.2 Å². The molecule has 0 fully saturated rings. The lowest BCUT2D eigenvalue weighted by Crippen LogP contribution is -2.27. The zero-order chi connectivity index (χ0) is 20.8. The van der Waals surface area contributed by atoms with E-state index in [9.17, 15) is 9.18 Å². The highest BCUT2D eigenvalue weighted by Crippen LogP contribution is 2.29. The summed E-state index contributed by atoms with van der Waals surface area (Å²) in [5.41, 5.74) is 1.04. The number of benzene rings is 2. The van der Waals surface area contributed by atoms with Crippen molar-refractivity contribution in [1.29, 1.82) is 0 Å². The molecule has 152 valence electrons. The predicted molar refractivity (Wildman–Crippen MR) is 105 cm³/mol. The molecule has 8 heteroatoms. The number of carbonyl (C=O) groups excluding carboxylic acids is 1. The number of hydrogen-bond donors (Lipinski definition) is 1. The number of halogens is 1. The first kappa shape index (κ1) is 20.2. The molecular weight excluding hydrogens is 377 g/mol. The minimum Gasteiger partial charge on any atom is -0.497 e. The summed E-state index contributed by atoms with van der Waals surface area (Å²) >= 11 is 0. The largest absolute Gasteiger partial charge is 0.497 e. The maximum atomic E-state index is 12.9. The Bertz CT molecular complexity index is 972. The number of hydrogen-bond acceptors (Lipinski definition) is 5. The highest BCUT2D eigenvalue weighted by atomic mass is 19.1. The van der Waals surface area contributed by atoms with Gasteiger partial charge in [0.1, 0.15) is 28.8 Å². The fourth-order valence-electron chi connectivity index (χ4n) is 2.75. The van der Waals surface area contributed by atoms with Crippen LogP contribution in [0.5, 0.6) is 17.2 Å². The van der Waals surface area contributed by atoms with E-state index in [-0.39, 0.29) is 30.2 Å². The number of rotatable bonds is 8. The van der Waals surface area contributed by atoms with Crippen LogP contribution in [0.25, 0.3) is 0 Å². The zero-order valence-electron chi connectivity index (χ0n) is 16.4. The summed E-state index contributed by atoms with van der Waals surface area (Å²) in [4.78, 5) is 12.6. The summed E-state index contributed by atoms with van der Waals surface area (Å²) in [5, 5.41) is 7.11. The lowest BCUT2D eigenvalue weighted by atomic mass is 10.1. The summed E-state index contributed by atoms with van der Waals surface area (Å²) in [7, 11) is 3.15. The number of ether oxygens (including phenoxy) is 3. The van der Waals surface area contributed by atoms with E-state index in [0.717, 1.165) is 5.56 Å². The number of aromatic nitrogens is 2. The second kappa shape index (κ2) is 9.09. The van der Waals surface area contributed by atoms with Gasteiger partial charge in [0.25, 0.3) is 5.91 Å². The predicted octanol–water partition coefficient (Wildman–Crippen LogP) is 3.57. The van der Waals surface area contributed by atoms with Crippen LogP contribution in [0.2, 0.25) is 0 Å². The molecule has 1 N–H and O–H groups in total. The monoisotopic (exact) mass is 399 g/mol. The van der Waals surface area contributed by atoms with Gasteiger partial charge < -0.3 is 19.5 Å². The van der Waals surface area contributed by atoms with Gasteiger partial charge in [-0.1, -0.05) is 0 Å². The van der Waals surface area contributed by atoms with Crippen molar-refractivity contribution in [3.05, 3.63) is 71.8 Å². The molecule has 2 aromatic carbocycles. The highest BCUT2D eigenvalue weighted by Gasteiger charge is 2.18. The molecule has 3 aromatic rings. The van der Waals surface area contributed by atoms with Crippen LogP contribution in [-0.4, -0.2) is 29.9 Å². The van der Waals surface area contributed by atoms with Gasteiger partial charge in [0.2, 0.25) is 0 Å². The van der Waals surface area contributed by atoms with E-state index in [1.54, 1.807) is 38.6 Å². The van der Waals surface area contributed by atoms with Crippen molar-refractivity contribution in [3.63, 3.8) is 0 Å². The van der Waals surface area contributed by atoms with Crippen LogP contribution >= 0.6 is 0 Å². The van der Waals surface area contributed by atoms with E-state index in [4.69, 9.17) is 14.2 Å². The summed E-state index contributed by atoms with van der Waals surface area (Å²) in [5.74, 6) is 1.16. The van der Waals surface area contributed by atoms with E-state index >= 15 is 0 Å². The smallest absolute Gasteiger partial charge is 0.272 e. The molecule has 0 aliphatic heterocycles. The van der Waals surface area contributed by atoms with E-state index in [1.165, 1.54) is 28.9 Å². The van der Waals surface area contributed by atoms with Crippen LogP contribution in [0.4, 0.5) is 4.39 Å². The molecular formula is C21H22FN3O4. The zero-order valence-corrected chi connectivity index (χ0v) is 16.4. The molecule has 7 nitrogen and oxygen atoms in total. The van der Waals surface area contributed by atoms with E-state index in [2.05, 4.69) is 10.4 Å². The van der Waals surface area contributed by atoms with Gasteiger partial charge in [-0.15, -0.1) is 0 Å². The molecule has 0 saturated heterocycles. The fourth-order valence-corrected chi connectivity index (χ4v) is 2.75. The van der Waals surface area contributed by atoms with Gasteiger partial charge in [-0.05, 0) is 55.5 Å². The average molecular weight is 399 g/mol. The molecule has 3 rings (SSSR count). The Balaban J connectivity index is 1.63. The maximum absolute atomic E-state index is 12.9. The van der Waals surface area contributed by atoms with Crippen LogP contribution < -0.4 is 19.5 Å². The number of carbonyl (C=O) groups is 1. The number of amides is 1. The Morgan fingerprint density at radius 1 is 1.10 bits per heavy atom. The summed E-state index contributed by atoms with van der Waals surface area (Å²) in [6, 6.07) is 12.3. The molecule has 1 aromatic heterocycles. The molecule has 0 aliphatic carbocycles. The summed E-state index contributed by atoms with van der Waals surface area (Å²) in [6.07, 6.45) is 1.63. The quantitative estimate of drug-likeness (QED) is 0.627. The molecule has 0 bridgehead atoms. The highest BCUT2D eigenvalue weighted by molar-refractivity contribution is 5.92. The minimum atomic E-state index is -0.336. The van der Waals surface area contributed by atoms with Crippen LogP contribution in [0.15, 0.2) is 54.7 Å². The molecule has 0 aliphatic rings. The van der Waals surface area contributed by atoms with Gasteiger partial charge in [-0.25, -0.2) is 9.07 Å². The van der Waals surface area contributed by atoms with Crippen molar-refractivity contribution >= 4 is 5.91 Å². The molecule has 0 radical (unpaired) electrons. The second-order valence-electron chi connectivity index (χ2n) is 6.27. The van der Waals surface area contributed by atoms with Gasteiger partial charge in [0.05, 0.1) is 20.3 Å². The Morgan fingerprint density at radius 3 is 2.52 bits per heavy atom. The van der Waals surface area contributed by atoms with Gasteiger partial charge in [-0.3, -0.25) is 4.79 Å². The van der Waals surface area contributed by atoms with Gasteiger partial charge in [0.15, 0.2) is 6.73 Å². The molecule has 1 atom stereocenters. The van der Waals surface area contributed by atoms with Gasteiger partial charge in [0, 0.05) is 11.8 Å². The first-order valence-electron chi connectivity index (χ1n) is 8.94. The third kappa shape index (κ3) is 5.04. The third-order valence-electron chi connectivity index (χ3n) is 4.30. The van der Waals surface area contributed by atoms with Gasteiger partial charge >= 0.3 is 0 Å². The van der Waals surface area contributed by atoms with Crippen LogP contribution in [-0.2, 0) is 6.73 Å². The molecule has 29 heavy (non-hydrogen) atoms. The van der Waals surface area contributed by atoms with Crippen LogP contribution in [0.1, 0.15) is 29.0 Å². The van der Waals surface area contributed by atoms with Crippen molar-refractivity contribution in [1.82, 2.24) is 15.1 Å². The lowest BCUT2D eigenvalue weighted by Gasteiger charge is -2.17. The fraction of sp³-hybridized carbons (Fsp3) is 0.238. The van der Waals surface area contributed by atoms with Gasteiger partial charge in [-0.2, -0.15) is 5.10 Å². The topological polar surface area (TPSA) is 74.6 Å². The van der Waals surface area contributed by atoms with E-state index < -0.39 is 0 Å². The van der Waals surface area contributed by atoms with Crippen molar-refractivity contribution in [2.75, 3.05) is 14.2 Å². The average Bonchev–Trinajstić information content (AvgIpc) is 3.22. The van der Waals surface area contributed by atoms with Crippen molar-refractivity contribution in [2.24, 2.45) is 0 Å². The van der Waals surface area contributed by atoms with Crippen molar-refractivity contribution in [2.45, 2.75) is 19.7 Å². The first-order valence-corrected chi connectivity index (χ1v) is 8.94. The normalized spacial score (nSPS) is 11.6. The Kier molecular flexibility index (Phi) is 6.33. The minimum absolute atomic E-state index is 0.0954. The van der Waals surface area contributed by atoms with Crippen molar-refractivity contribution < 1.29 is 23.4 Å². The Morgan fingerprint density at radius 2 is 1.83 bits per heavy atom. The molecule has 1 heterocycles. The van der Waals surface area contributed by atoms with E-state index in [0.29, 0.717) is 17.2 Å².